The average molecular weight is 403 g/mol. The third kappa shape index (κ3) is 3.96. The van der Waals surface area contributed by atoms with E-state index in [-0.39, 0.29) is 17.9 Å². The number of hydrogen-bond acceptors (Lipinski definition) is 7. The van der Waals surface area contributed by atoms with Gasteiger partial charge in [0.15, 0.2) is 0 Å². The van der Waals surface area contributed by atoms with Gasteiger partial charge in [0.25, 0.3) is 0 Å². The minimum Gasteiger partial charge on any atom is -0.493 e. The van der Waals surface area contributed by atoms with Gasteiger partial charge >= 0.3 is 6.01 Å². The molecule has 0 aliphatic carbocycles. The lowest BCUT2D eigenvalue weighted by atomic mass is 9.88. The van der Waals surface area contributed by atoms with Gasteiger partial charge in [0.05, 0.1) is 23.1 Å². The lowest BCUT2D eigenvalue weighted by Crippen LogP contribution is -2.32. The van der Waals surface area contributed by atoms with Crippen LogP contribution in [0.15, 0.2) is 59.9 Å². The summed E-state index contributed by atoms with van der Waals surface area (Å²) in [4.78, 5) is 19.2. The fraction of sp³-hybridized carbons (Fsp3) is 0.304. The maximum atomic E-state index is 10.1. The molecule has 2 atom stereocenters. The molecule has 3 heterocycles. The standard InChI is InChI=1S/C23H25N5O2/c1-14(2)18-9-10-21(25-15(18)3)28(4)16-5-7-17(8-6-16)30-23-26-20-13-24-12-11-19(20)22(29)27-23/h5-15,18H,1-4H3,(H,26,27,29). The van der Waals surface area contributed by atoms with Crippen molar-refractivity contribution in [2.24, 2.45) is 16.8 Å². The highest BCUT2D eigenvalue weighted by Crippen LogP contribution is 2.28. The van der Waals surface area contributed by atoms with Gasteiger partial charge in [0, 0.05) is 24.8 Å². The maximum absolute atomic E-state index is 10.1. The van der Waals surface area contributed by atoms with Crippen LogP contribution in [0.25, 0.3) is 10.9 Å². The maximum Gasteiger partial charge on any atom is 0.325 e. The smallest absolute Gasteiger partial charge is 0.325 e. The number of likely N-dealkylation sites (N-methyl/N-ethyl adjacent to an activating group) is 1. The Labute approximate surface area is 175 Å². The van der Waals surface area contributed by atoms with Gasteiger partial charge in [-0.15, -0.1) is 0 Å². The highest BCUT2D eigenvalue weighted by Gasteiger charge is 2.22. The second kappa shape index (κ2) is 8.10. The van der Waals surface area contributed by atoms with Gasteiger partial charge in [-0.25, -0.2) is 0 Å². The highest BCUT2D eigenvalue weighted by molar-refractivity contribution is 6.05. The van der Waals surface area contributed by atoms with Crippen molar-refractivity contribution in [3.05, 3.63) is 54.9 Å². The van der Waals surface area contributed by atoms with E-state index in [0.29, 0.717) is 28.5 Å². The van der Waals surface area contributed by atoms with E-state index in [1.165, 1.54) is 0 Å². The number of aromatic hydroxyl groups is 1. The molecule has 4 rings (SSSR count). The second-order valence-corrected chi connectivity index (χ2v) is 7.79. The molecular weight excluding hydrogens is 378 g/mol. The van der Waals surface area contributed by atoms with Crippen LogP contribution in [0.1, 0.15) is 20.8 Å². The van der Waals surface area contributed by atoms with E-state index in [2.05, 4.69) is 52.8 Å². The van der Waals surface area contributed by atoms with Crippen LogP contribution in [-0.4, -0.2) is 39.0 Å². The van der Waals surface area contributed by atoms with Crippen LogP contribution in [0.4, 0.5) is 5.69 Å². The Morgan fingerprint density at radius 3 is 2.57 bits per heavy atom. The zero-order valence-electron chi connectivity index (χ0n) is 17.5. The van der Waals surface area contributed by atoms with Crippen LogP contribution >= 0.6 is 0 Å². The number of nitrogens with zero attached hydrogens (tertiary/aromatic N) is 5. The number of amidine groups is 1. The normalized spacial score (nSPS) is 18.5. The molecular formula is C23H25N5O2. The summed E-state index contributed by atoms with van der Waals surface area (Å²) in [6.45, 7) is 6.61. The van der Waals surface area contributed by atoms with Gasteiger partial charge in [-0.2, -0.15) is 9.97 Å². The zero-order chi connectivity index (χ0) is 21.3. The van der Waals surface area contributed by atoms with Crippen molar-refractivity contribution >= 4 is 22.4 Å². The second-order valence-electron chi connectivity index (χ2n) is 7.79. The molecule has 1 aliphatic heterocycles. The molecule has 154 valence electrons. The van der Waals surface area contributed by atoms with E-state index in [4.69, 9.17) is 9.73 Å². The topological polar surface area (TPSA) is 83.7 Å². The van der Waals surface area contributed by atoms with Crippen molar-refractivity contribution in [2.45, 2.75) is 26.8 Å². The first-order valence-corrected chi connectivity index (χ1v) is 10.0. The quantitative estimate of drug-likeness (QED) is 0.686. The molecule has 7 heteroatoms. The monoisotopic (exact) mass is 403 g/mol. The van der Waals surface area contributed by atoms with E-state index in [1.807, 2.05) is 31.3 Å². The Bertz CT molecular complexity index is 1110. The lowest BCUT2D eigenvalue weighted by molar-refractivity contribution is 0.402. The Morgan fingerprint density at radius 2 is 1.87 bits per heavy atom. The summed E-state index contributed by atoms with van der Waals surface area (Å²) >= 11 is 0. The van der Waals surface area contributed by atoms with Gasteiger partial charge in [-0.1, -0.05) is 19.9 Å². The largest absolute Gasteiger partial charge is 0.493 e. The third-order valence-electron chi connectivity index (χ3n) is 5.37. The highest BCUT2D eigenvalue weighted by atomic mass is 16.5. The summed E-state index contributed by atoms with van der Waals surface area (Å²) in [5.74, 6) is 2.40. The van der Waals surface area contributed by atoms with Crippen molar-refractivity contribution in [1.82, 2.24) is 15.0 Å². The number of fused-ring (bicyclic) bond motifs is 1. The summed E-state index contributed by atoms with van der Waals surface area (Å²) in [5, 5.41) is 10.6. The molecule has 1 N–H and O–H groups in total. The molecule has 3 aromatic rings. The summed E-state index contributed by atoms with van der Waals surface area (Å²) in [6.07, 6.45) is 7.49. The van der Waals surface area contributed by atoms with Crippen LogP contribution in [0.2, 0.25) is 0 Å². The number of anilines is 1. The number of rotatable bonds is 4. The van der Waals surface area contributed by atoms with Gasteiger partial charge in [-0.3, -0.25) is 9.98 Å². The van der Waals surface area contributed by atoms with Crippen LogP contribution in [0, 0.1) is 11.8 Å². The average Bonchev–Trinajstić information content (AvgIpc) is 2.73. The lowest BCUT2D eigenvalue weighted by Gasteiger charge is -2.29. The van der Waals surface area contributed by atoms with Gasteiger partial charge in [0.1, 0.15) is 11.6 Å². The fourth-order valence-electron chi connectivity index (χ4n) is 3.64. The molecule has 0 saturated heterocycles. The molecule has 1 aliphatic rings. The number of ether oxygens (including phenoxy) is 1. The predicted molar refractivity (Wildman–Crippen MR) is 118 cm³/mol. The molecule has 2 unspecified atom stereocenters. The molecule has 0 bridgehead atoms. The van der Waals surface area contributed by atoms with E-state index >= 15 is 0 Å². The zero-order valence-corrected chi connectivity index (χ0v) is 17.5. The predicted octanol–water partition coefficient (Wildman–Crippen LogP) is 4.59. The van der Waals surface area contributed by atoms with E-state index < -0.39 is 0 Å². The summed E-state index contributed by atoms with van der Waals surface area (Å²) < 4.78 is 5.73. The fourth-order valence-corrected chi connectivity index (χ4v) is 3.64. The molecule has 0 fully saturated rings. The first-order chi connectivity index (χ1) is 14.4. The summed E-state index contributed by atoms with van der Waals surface area (Å²) in [5.41, 5.74) is 1.51. The molecule has 0 saturated carbocycles. The van der Waals surface area contributed by atoms with Crippen molar-refractivity contribution in [3.63, 3.8) is 0 Å². The molecule has 1 aromatic carbocycles. The minimum absolute atomic E-state index is 0.0715. The van der Waals surface area contributed by atoms with Crippen LogP contribution < -0.4 is 9.64 Å². The third-order valence-corrected chi connectivity index (χ3v) is 5.37. The van der Waals surface area contributed by atoms with Crippen LogP contribution in [0.3, 0.4) is 0 Å². The Hall–Kier alpha value is -3.48. The Kier molecular flexibility index (Phi) is 5.35. The van der Waals surface area contributed by atoms with Crippen molar-refractivity contribution in [2.75, 3.05) is 11.9 Å². The molecule has 0 amide bonds. The SMILES string of the molecule is CC(C)C1C=CC(N(C)c2ccc(Oc3nc(O)c4ccncc4n3)cc2)=NC1C. The molecule has 30 heavy (non-hydrogen) atoms. The number of aliphatic imine (C=N–C) groups is 1. The van der Waals surface area contributed by atoms with Crippen molar-refractivity contribution < 1.29 is 9.84 Å². The van der Waals surface area contributed by atoms with E-state index in [1.54, 1.807) is 18.5 Å². The number of pyridine rings is 1. The van der Waals surface area contributed by atoms with E-state index in [0.717, 1.165) is 11.5 Å². The Balaban J connectivity index is 1.50. The van der Waals surface area contributed by atoms with Crippen molar-refractivity contribution in [3.8, 4) is 17.6 Å². The molecule has 0 radical (unpaired) electrons. The van der Waals surface area contributed by atoms with Gasteiger partial charge < -0.3 is 14.7 Å². The summed E-state index contributed by atoms with van der Waals surface area (Å²) in [6, 6.07) is 9.57. The van der Waals surface area contributed by atoms with Gasteiger partial charge in [0.2, 0.25) is 5.88 Å². The first kappa shape index (κ1) is 19.8. The number of dihydropyridines is 1. The minimum atomic E-state index is -0.135. The number of hydrogen-bond donors (Lipinski definition) is 1. The van der Waals surface area contributed by atoms with Gasteiger partial charge in [-0.05, 0) is 49.2 Å². The Morgan fingerprint density at radius 1 is 1.10 bits per heavy atom. The van der Waals surface area contributed by atoms with E-state index in [9.17, 15) is 5.11 Å². The van der Waals surface area contributed by atoms with Crippen LogP contribution in [-0.2, 0) is 0 Å². The number of benzene rings is 1. The van der Waals surface area contributed by atoms with Crippen molar-refractivity contribution in [1.29, 1.82) is 0 Å². The van der Waals surface area contributed by atoms with Crippen LogP contribution in [0.5, 0.6) is 17.6 Å². The molecule has 2 aromatic heterocycles. The molecule has 7 nitrogen and oxygen atoms in total. The summed E-state index contributed by atoms with van der Waals surface area (Å²) in [7, 11) is 2.00. The molecule has 0 spiro atoms. The number of aromatic nitrogens is 3. The first-order valence-electron chi connectivity index (χ1n) is 10.0.